The van der Waals surface area contributed by atoms with Crippen LogP contribution in [0.1, 0.15) is 43.1 Å². The van der Waals surface area contributed by atoms with Gasteiger partial charge in [-0.05, 0) is 47.4 Å². The average molecular weight is 581 g/mol. The zero-order chi connectivity index (χ0) is 27.0. The number of halogens is 1. The topological polar surface area (TPSA) is 92.2 Å². The number of hydrogen-bond acceptors (Lipinski definition) is 6. The first-order chi connectivity index (χ1) is 18.4. The fourth-order valence-electron chi connectivity index (χ4n) is 4.29. The summed E-state index contributed by atoms with van der Waals surface area (Å²) in [7, 11) is 0. The molecule has 7 nitrogen and oxygen atoms in total. The van der Waals surface area contributed by atoms with Crippen molar-refractivity contribution in [2.45, 2.75) is 38.3 Å². The number of aliphatic imine (C=N–C) groups is 1. The molecule has 3 N–H and O–H groups in total. The number of carbonyl (C=O) groups excluding carboxylic acids is 1. The van der Waals surface area contributed by atoms with Crippen LogP contribution in [0.15, 0.2) is 88.3 Å². The third-order valence-corrected chi connectivity index (χ3v) is 7.04. The predicted octanol–water partition coefficient (Wildman–Crippen LogP) is 4.99. The minimum Gasteiger partial charge on any atom is -0.494 e. The lowest BCUT2D eigenvalue weighted by molar-refractivity contribution is -0.130. The lowest BCUT2D eigenvalue weighted by Gasteiger charge is -2.31. The zero-order valence-electron chi connectivity index (χ0n) is 21.7. The molecule has 3 aromatic carbocycles. The van der Waals surface area contributed by atoms with Crippen LogP contribution in [-0.2, 0) is 16.0 Å². The summed E-state index contributed by atoms with van der Waals surface area (Å²) in [5, 5.41) is 9.00. The van der Waals surface area contributed by atoms with Crippen LogP contribution >= 0.6 is 15.9 Å². The Labute approximate surface area is 232 Å². The van der Waals surface area contributed by atoms with E-state index in [0.29, 0.717) is 43.6 Å². The van der Waals surface area contributed by atoms with E-state index in [1.165, 1.54) is 0 Å². The van der Waals surface area contributed by atoms with Gasteiger partial charge in [0.25, 0.3) is 5.91 Å². The minimum atomic E-state index is -1.26. The molecule has 1 aliphatic heterocycles. The standard InChI is InChI=1S/C30H34BrN3O4/c1-21(2)20-32-34-29(36)30(19-24-11-6-7-12-26(24)31)27(22-9-4-3-5-10-22)38-28(33-30)23-13-15-25(16-14-23)37-18-8-17-35/h3-7,9-16,21,27,32,35H,8,17-20H2,1-2H3,(H,34,36)/t27-,30-/m0/s1. The molecule has 8 heteroatoms. The molecule has 3 aromatic rings. The van der Waals surface area contributed by atoms with E-state index in [9.17, 15) is 4.79 Å². The summed E-state index contributed by atoms with van der Waals surface area (Å²) in [5.41, 5.74) is 7.29. The van der Waals surface area contributed by atoms with E-state index in [1.807, 2.05) is 78.9 Å². The van der Waals surface area contributed by atoms with Gasteiger partial charge in [-0.1, -0.05) is 78.3 Å². The molecule has 0 radical (unpaired) electrons. The van der Waals surface area contributed by atoms with Crippen LogP contribution in [0.25, 0.3) is 0 Å². The summed E-state index contributed by atoms with van der Waals surface area (Å²) in [6.07, 6.45) is 0.246. The Kier molecular flexibility index (Phi) is 9.55. The number of ether oxygens (including phenoxy) is 2. The number of carbonyl (C=O) groups is 1. The van der Waals surface area contributed by atoms with Crippen molar-refractivity contribution in [1.29, 1.82) is 0 Å². The first-order valence-electron chi connectivity index (χ1n) is 12.8. The molecular weight excluding hydrogens is 546 g/mol. The number of amides is 1. The number of aliphatic hydroxyl groups is 1. The van der Waals surface area contributed by atoms with Crippen LogP contribution in [0.3, 0.4) is 0 Å². The van der Waals surface area contributed by atoms with Crippen molar-refractivity contribution >= 4 is 27.7 Å². The van der Waals surface area contributed by atoms with Gasteiger partial charge >= 0.3 is 0 Å². The Balaban J connectivity index is 1.75. The second-order valence-corrected chi connectivity index (χ2v) is 10.6. The van der Waals surface area contributed by atoms with Crippen LogP contribution in [0.2, 0.25) is 0 Å². The van der Waals surface area contributed by atoms with Crippen molar-refractivity contribution < 1.29 is 19.4 Å². The van der Waals surface area contributed by atoms with Crippen molar-refractivity contribution in [1.82, 2.24) is 10.9 Å². The summed E-state index contributed by atoms with van der Waals surface area (Å²) in [6.45, 7) is 5.30. The van der Waals surface area contributed by atoms with Gasteiger partial charge in [-0.25, -0.2) is 10.4 Å². The van der Waals surface area contributed by atoms with Gasteiger partial charge in [0.1, 0.15) is 5.75 Å². The number of benzene rings is 3. The van der Waals surface area contributed by atoms with Gasteiger partial charge in [-0.15, -0.1) is 0 Å². The van der Waals surface area contributed by atoms with Crippen molar-refractivity contribution in [3.8, 4) is 5.75 Å². The molecule has 0 fully saturated rings. The molecule has 1 amide bonds. The largest absolute Gasteiger partial charge is 0.494 e. The second-order valence-electron chi connectivity index (χ2n) is 9.70. The van der Waals surface area contributed by atoms with Crippen LogP contribution < -0.4 is 15.6 Å². The van der Waals surface area contributed by atoms with E-state index in [4.69, 9.17) is 19.6 Å². The second kappa shape index (κ2) is 13.0. The molecule has 0 spiro atoms. The first kappa shape index (κ1) is 27.8. The molecule has 2 atom stereocenters. The number of rotatable bonds is 12. The van der Waals surface area contributed by atoms with E-state index in [1.54, 1.807) is 0 Å². The maximum absolute atomic E-state index is 14.0. The Morgan fingerprint density at radius 1 is 1.08 bits per heavy atom. The highest BCUT2D eigenvalue weighted by Crippen LogP contribution is 2.43. The van der Waals surface area contributed by atoms with Gasteiger partial charge < -0.3 is 14.6 Å². The minimum absolute atomic E-state index is 0.0807. The molecule has 0 aromatic heterocycles. The van der Waals surface area contributed by atoms with E-state index in [2.05, 4.69) is 40.6 Å². The van der Waals surface area contributed by atoms with Gasteiger partial charge in [-0.2, -0.15) is 0 Å². The SMILES string of the molecule is CC(C)CNNC(=O)[C@@]1(Cc2ccccc2Br)N=C(c2ccc(OCCCO)cc2)O[C@H]1c1ccccc1. The highest BCUT2D eigenvalue weighted by atomic mass is 79.9. The molecule has 0 aliphatic carbocycles. The van der Waals surface area contributed by atoms with Crippen molar-refractivity contribution in [2.75, 3.05) is 19.8 Å². The van der Waals surface area contributed by atoms with Crippen LogP contribution in [0.4, 0.5) is 0 Å². The third-order valence-electron chi connectivity index (χ3n) is 6.26. The van der Waals surface area contributed by atoms with Gasteiger partial charge in [0.05, 0.1) is 6.61 Å². The summed E-state index contributed by atoms with van der Waals surface area (Å²) in [4.78, 5) is 19.0. The monoisotopic (exact) mass is 579 g/mol. The lowest BCUT2D eigenvalue weighted by Crippen LogP contribution is -2.54. The van der Waals surface area contributed by atoms with E-state index < -0.39 is 11.6 Å². The van der Waals surface area contributed by atoms with E-state index >= 15 is 0 Å². The smallest absolute Gasteiger partial charge is 0.266 e. The van der Waals surface area contributed by atoms with Crippen LogP contribution in [0.5, 0.6) is 5.75 Å². The molecule has 0 saturated heterocycles. The molecule has 0 bridgehead atoms. The molecule has 1 aliphatic rings. The summed E-state index contributed by atoms with van der Waals surface area (Å²) in [6, 6.07) is 25.0. The number of hydrazine groups is 1. The maximum atomic E-state index is 14.0. The number of nitrogens with zero attached hydrogens (tertiary/aromatic N) is 1. The predicted molar refractivity (Wildman–Crippen MR) is 152 cm³/mol. The van der Waals surface area contributed by atoms with Gasteiger partial charge in [0, 0.05) is 36.0 Å². The highest BCUT2D eigenvalue weighted by Gasteiger charge is 2.53. The third kappa shape index (κ3) is 6.62. The fourth-order valence-corrected chi connectivity index (χ4v) is 4.71. The summed E-state index contributed by atoms with van der Waals surface area (Å²) in [5.74, 6) is 1.18. The van der Waals surface area contributed by atoms with Gasteiger partial charge in [0.15, 0.2) is 11.6 Å². The van der Waals surface area contributed by atoms with Crippen LogP contribution in [0, 0.1) is 5.92 Å². The number of hydrogen-bond donors (Lipinski definition) is 3. The summed E-state index contributed by atoms with van der Waals surface area (Å²) >= 11 is 3.65. The van der Waals surface area contributed by atoms with Gasteiger partial charge in [-0.3, -0.25) is 10.2 Å². The maximum Gasteiger partial charge on any atom is 0.266 e. The molecule has 200 valence electrons. The zero-order valence-corrected chi connectivity index (χ0v) is 23.3. The highest BCUT2D eigenvalue weighted by molar-refractivity contribution is 9.10. The van der Waals surface area contributed by atoms with Crippen molar-refractivity contribution in [3.05, 3.63) is 100 Å². The molecule has 0 unspecified atom stereocenters. The number of aliphatic hydroxyl groups excluding tert-OH is 1. The molecular formula is C30H34BrN3O4. The summed E-state index contributed by atoms with van der Waals surface area (Å²) < 4.78 is 13.1. The Bertz CT molecular complexity index is 1230. The first-order valence-corrected chi connectivity index (χ1v) is 13.6. The molecule has 0 saturated carbocycles. The normalized spacial score (nSPS) is 18.7. The van der Waals surface area contributed by atoms with E-state index in [-0.39, 0.29) is 12.5 Å². The van der Waals surface area contributed by atoms with E-state index in [0.717, 1.165) is 21.2 Å². The van der Waals surface area contributed by atoms with Crippen LogP contribution in [-0.4, -0.2) is 42.2 Å². The van der Waals surface area contributed by atoms with Crippen molar-refractivity contribution in [2.24, 2.45) is 10.9 Å². The Morgan fingerprint density at radius 3 is 2.47 bits per heavy atom. The Hall–Kier alpha value is -3.20. The molecule has 38 heavy (non-hydrogen) atoms. The quantitative estimate of drug-likeness (QED) is 0.208. The number of nitrogens with one attached hydrogen (secondary N) is 2. The van der Waals surface area contributed by atoms with Gasteiger partial charge in [0.2, 0.25) is 5.90 Å². The average Bonchev–Trinajstić information content (AvgIpc) is 3.31. The Morgan fingerprint density at radius 2 is 1.79 bits per heavy atom. The lowest BCUT2D eigenvalue weighted by atomic mass is 9.82. The molecule has 4 rings (SSSR count). The fraction of sp³-hybridized carbons (Fsp3) is 0.333. The van der Waals surface area contributed by atoms with Crippen molar-refractivity contribution in [3.63, 3.8) is 0 Å². The molecule has 1 heterocycles.